The highest BCUT2D eigenvalue weighted by Gasteiger charge is 2.01. The number of guanidine groups is 1. The Kier molecular flexibility index (Phi) is 6.72. The molecule has 18 heavy (non-hydrogen) atoms. The van der Waals surface area contributed by atoms with E-state index in [-0.39, 0.29) is 5.82 Å². The number of aliphatic imine (C=N–C) groups is 1. The van der Waals surface area contributed by atoms with Crippen LogP contribution in [0.3, 0.4) is 0 Å². The fraction of sp³-hybridized carbons (Fsp3) is 0.462. The van der Waals surface area contributed by atoms with Crippen LogP contribution in [0.1, 0.15) is 25.8 Å². The minimum Gasteiger partial charge on any atom is -0.357 e. The molecule has 0 radical (unpaired) electrons. The molecule has 3 nitrogen and oxygen atoms in total. The van der Waals surface area contributed by atoms with E-state index in [2.05, 4.69) is 38.5 Å². The van der Waals surface area contributed by atoms with Crippen molar-refractivity contribution in [1.29, 1.82) is 0 Å². The van der Waals surface area contributed by atoms with Crippen LogP contribution < -0.4 is 10.6 Å². The number of hydrogen-bond acceptors (Lipinski definition) is 1. The molecular formula is C13H19BrFN3. The van der Waals surface area contributed by atoms with Gasteiger partial charge in [0.1, 0.15) is 5.82 Å². The smallest absolute Gasteiger partial charge is 0.191 e. The Balaban J connectivity index is 2.65. The SMILES string of the molecule is CCCNC(=NCc1ccc(Br)c(F)c1)NCC. The second-order valence-electron chi connectivity index (χ2n) is 3.87. The third kappa shape index (κ3) is 5.04. The lowest BCUT2D eigenvalue weighted by atomic mass is 10.2. The molecule has 5 heteroatoms. The second kappa shape index (κ2) is 8.08. The van der Waals surface area contributed by atoms with Crippen LogP contribution in [0.2, 0.25) is 0 Å². The zero-order chi connectivity index (χ0) is 13.4. The van der Waals surface area contributed by atoms with Crippen molar-refractivity contribution in [1.82, 2.24) is 10.6 Å². The van der Waals surface area contributed by atoms with Gasteiger partial charge in [-0.05, 0) is 47.0 Å². The standard InChI is InChI=1S/C13H19BrFN3/c1-3-7-17-13(16-4-2)18-9-10-5-6-11(14)12(15)8-10/h5-6,8H,3-4,7,9H2,1-2H3,(H2,16,17,18). The predicted molar refractivity (Wildman–Crippen MR) is 77.2 cm³/mol. The molecule has 1 aromatic rings. The first-order valence-corrected chi connectivity index (χ1v) is 6.92. The van der Waals surface area contributed by atoms with Crippen molar-refractivity contribution in [2.45, 2.75) is 26.8 Å². The first-order valence-electron chi connectivity index (χ1n) is 6.13. The summed E-state index contributed by atoms with van der Waals surface area (Å²) in [5.74, 6) is 0.511. The highest BCUT2D eigenvalue weighted by molar-refractivity contribution is 9.10. The monoisotopic (exact) mass is 315 g/mol. The molecular weight excluding hydrogens is 297 g/mol. The van der Waals surface area contributed by atoms with E-state index in [9.17, 15) is 4.39 Å². The maximum atomic E-state index is 13.3. The minimum absolute atomic E-state index is 0.255. The maximum Gasteiger partial charge on any atom is 0.191 e. The summed E-state index contributed by atoms with van der Waals surface area (Å²) in [6.45, 7) is 6.26. The van der Waals surface area contributed by atoms with Crippen LogP contribution in [-0.4, -0.2) is 19.0 Å². The molecule has 0 fully saturated rings. The Bertz CT molecular complexity index is 407. The van der Waals surface area contributed by atoms with Crippen LogP contribution >= 0.6 is 15.9 Å². The van der Waals surface area contributed by atoms with E-state index >= 15 is 0 Å². The Labute approximate surface area is 116 Å². The van der Waals surface area contributed by atoms with Crippen molar-refractivity contribution in [3.05, 3.63) is 34.1 Å². The van der Waals surface area contributed by atoms with Crippen molar-refractivity contribution in [3.63, 3.8) is 0 Å². The molecule has 0 aromatic heterocycles. The summed E-state index contributed by atoms with van der Waals surface area (Å²) in [5.41, 5.74) is 0.851. The average Bonchev–Trinajstić information content (AvgIpc) is 2.37. The van der Waals surface area contributed by atoms with Gasteiger partial charge in [-0.2, -0.15) is 0 Å². The molecule has 0 saturated heterocycles. The van der Waals surface area contributed by atoms with Gasteiger partial charge in [-0.15, -0.1) is 0 Å². The summed E-state index contributed by atoms with van der Waals surface area (Å²) >= 11 is 3.13. The van der Waals surface area contributed by atoms with Gasteiger partial charge in [0.15, 0.2) is 5.96 Å². The maximum absolute atomic E-state index is 13.3. The summed E-state index contributed by atoms with van der Waals surface area (Å²) in [6, 6.07) is 5.06. The van der Waals surface area contributed by atoms with Crippen LogP contribution in [-0.2, 0) is 6.54 Å². The number of nitrogens with zero attached hydrogens (tertiary/aromatic N) is 1. The molecule has 0 heterocycles. The van der Waals surface area contributed by atoms with Gasteiger partial charge in [0.25, 0.3) is 0 Å². The molecule has 0 aliphatic carbocycles. The molecule has 0 unspecified atom stereocenters. The first kappa shape index (κ1) is 15.0. The van der Waals surface area contributed by atoms with Gasteiger partial charge in [-0.1, -0.05) is 13.0 Å². The summed E-state index contributed by atoms with van der Waals surface area (Å²) in [4.78, 5) is 4.40. The van der Waals surface area contributed by atoms with E-state index < -0.39 is 0 Å². The van der Waals surface area contributed by atoms with Gasteiger partial charge in [-0.25, -0.2) is 9.38 Å². The quantitative estimate of drug-likeness (QED) is 0.647. The fourth-order valence-electron chi connectivity index (χ4n) is 1.39. The summed E-state index contributed by atoms with van der Waals surface area (Å²) < 4.78 is 13.8. The Hall–Kier alpha value is -1.10. The Morgan fingerprint density at radius 2 is 2.11 bits per heavy atom. The van der Waals surface area contributed by atoms with E-state index in [0.717, 1.165) is 31.0 Å². The lowest BCUT2D eigenvalue weighted by molar-refractivity contribution is 0.618. The van der Waals surface area contributed by atoms with Crippen molar-refractivity contribution in [2.24, 2.45) is 4.99 Å². The summed E-state index contributed by atoms with van der Waals surface area (Å²) in [7, 11) is 0. The van der Waals surface area contributed by atoms with Gasteiger partial charge < -0.3 is 10.6 Å². The summed E-state index contributed by atoms with van der Waals surface area (Å²) in [6.07, 6.45) is 1.04. The molecule has 0 aliphatic rings. The molecule has 0 spiro atoms. The molecule has 1 rings (SSSR count). The van der Waals surface area contributed by atoms with E-state index in [0.29, 0.717) is 11.0 Å². The van der Waals surface area contributed by atoms with Crippen molar-refractivity contribution < 1.29 is 4.39 Å². The minimum atomic E-state index is -0.255. The van der Waals surface area contributed by atoms with Gasteiger partial charge in [0.2, 0.25) is 0 Å². The lowest BCUT2D eigenvalue weighted by Gasteiger charge is -2.10. The number of halogens is 2. The fourth-order valence-corrected chi connectivity index (χ4v) is 1.64. The third-order valence-corrected chi connectivity index (χ3v) is 2.93. The number of benzene rings is 1. The van der Waals surface area contributed by atoms with Crippen molar-refractivity contribution in [2.75, 3.05) is 13.1 Å². The van der Waals surface area contributed by atoms with E-state index in [1.165, 1.54) is 6.07 Å². The van der Waals surface area contributed by atoms with Crippen LogP contribution in [0.15, 0.2) is 27.7 Å². The third-order valence-electron chi connectivity index (χ3n) is 2.29. The predicted octanol–water partition coefficient (Wildman–Crippen LogP) is 3.05. The zero-order valence-electron chi connectivity index (χ0n) is 10.8. The van der Waals surface area contributed by atoms with Gasteiger partial charge in [0, 0.05) is 13.1 Å². The molecule has 2 N–H and O–H groups in total. The van der Waals surface area contributed by atoms with Crippen LogP contribution in [0, 0.1) is 5.82 Å². The number of nitrogens with one attached hydrogen (secondary N) is 2. The normalized spacial score (nSPS) is 11.4. The average molecular weight is 316 g/mol. The van der Waals surface area contributed by atoms with Crippen LogP contribution in [0.25, 0.3) is 0 Å². The highest BCUT2D eigenvalue weighted by atomic mass is 79.9. The molecule has 0 aliphatic heterocycles. The second-order valence-corrected chi connectivity index (χ2v) is 4.72. The zero-order valence-corrected chi connectivity index (χ0v) is 12.3. The van der Waals surface area contributed by atoms with Crippen molar-refractivity contribution in [3.8, 4) is 0 Å². The van der Waals surface area contributed by atoms with Gasteiger partial charge in [0.05, 0.1) is 11.0 Å². The van der Waals surface area contributed by atoms with Crippen LogP contribution in [0.4, 0.5) is 4.39 Å². The van der Waals surface area contributed by atoms with Gasteiger partial charge in [-0.3, -0.25) is 0 Å². The van der Waals surface area contributed by atoms with Crippen LogP contribution in [0.5, 0.6) is 0 Å². The Morgan fingerprint density at radius 3 is 2.72 bits per heavy atom. The summed E-state index contributed by atoms with van der Waals surface area (Å²) in [5, 5.41) is 6.35. The molecule has 0 bridgehead atoms. The largest absolute Gasteiger partial charge is 0.357 e. The molecule has 0 amide bonds. The number of rotatable bonds is 5. The van der Waals surface area contributed by atoms with Crippen molar-refractivity contribution >= 4 is 21.9 Å². The van der Waals surface area contributed by atoms with Gasteiger partial charge >= 0.3 is 0 Å². The first-order chi connectivity index (χ1) is 8.67. The topological polar surface area (TPSA) is 36.4 Å². The number of hydrogen-bond donors (Lipinski definition) is 2. The molecule has 0 saturated carbocycles. The molecule has 0 atom stereocenters. The molecule has 1 aromatic carbocycles. The van der Waals surface area contributed by atoms with E-state index in [1.54, 1.807) is 6.07 Å². The Morgan fingerprint density at radius 1 is 1.33 bits per heavy atom. The lowest BCUT2D eigenvalue weighted by Crippen LogP contribution is -2.37. The molecule has 100 valence electrons. The van der Waals surface area contributed by atoms with E-state index in [1.807, 2.05) is 13.0 Å². The highest BCUT2D eigenvalue weighted by Crippen LogP contribution is 2.16. The van der Waals surface area contributed by atoms with E-state index in [4.69, 9.17) is 0 Å².